The van der Waals surface area contributed by atoms with Crippen LogP contribution in [0.3, 0.4) is 0 Å². The summed E-state index contributed by atoms with van der Waals surface area (Å²) in [6, 6.07) is 1.57. The van der Waals surface area contributed by atoms with Crippen LogP contribution in [0.4, 0.5) is 4.39 Å². The summed E-state index contributed by atoms with van der Waals surface area (Å²) < 4.78 is 13.7. The first-order valence-corrected chi connectivity index (χ1v) is 5.13. The lowest BCUT2D eigenvalue weighted by atomic mass is 10.1. The number of rotatable bonds is 1. The van der Waals surface area contributed by atoms with Crippen LogP contribution >= 0.6 is 15.9 Å². The van der Waals surface area contributed by atoms with E-state index in [9.17, 15) is 9.18 Å². The molecule has 0 amide bonds. The molecule has 0 aliphatic heterocycles. The summed E-state index contributed by atoms with van der Waals surface area (Å²) >= 11 is 2.98. The number of aryl methyl sites for hydroxylation is 1. The van der Waals surface area contributed by atoms with Crippen LogP contribution < -0.4 is 0 Å². The van der Waals surface area contributed by atoms with Gasteiger partial charge in [0.25, 0.3) is 0 Å². The number of fused-ring (bicyclic) bond motifs is 1. The van der Waals surface area contributed by atoms with Gasteiger partial charge in [0.2, 0.25) is 0 Å². The minimum absolute atomic E-state index is 0.0168. The van der Waals surface area contributed by atoms with E-state index in [1.54, 1.807) is 6.07 Å². The molecule has 0 saturated heterocycles. The molecule has 1 aliphatic carbocycles. The summed E-state index contributed by atoms with van der Waals surface area (Å²) in [5.41, 5.74) is 1.52. The van der Waals surface area contributed by atoms with Crippen LogP contribution in [0.1, 0.15) is 27.9 Å². The Morgan fingerprint density at radius 2 is 2.21 bits per heavy atom. The number of benzene rings is 1. The van der Waals surface area contributed by atoms with Gasteiger partial charge in [-0.1, -0.05) is 0 Å². The Bertz CT molecular complexity index is 415. The molecule has 1 aromatic rings. The summed E-state index contributed by atoms with van der Waals surface area (Å²) in [6.07, 6.45) is 2.39. The lowest BCUT2D eigenvalue weighted by Crippen LogP contribution is -2.03. The second kappa shape index (κ2) is 3.35. The number of carbonyl (C=O) groups is 1. The van der Waals surface area contributed by atoms with E-state index in [1.165, 1.54) is 0 Å². The summed E-state index contributed by atoms with van der Waals surface area (Å²) in [5.74, 6) is -1.50. The van der Waals surface area contributed by atoms with E-state index in [4.69, 9.17) is 5.11 Å². The van der Waals surface area contributed by atoms with Crippen molar-refractivity contribution in [2.45, 2.75) is 19.3 Å². The smallest absolute Gasteiger partial charge is 0.336 e. The molecule has 1 aromatic carbocycles. The lowest BCUT2D eigenvalue weighted by Gasteiger charge is -2.06. The highest BCUT2D eigenvalue weighted by Crippen LogP contribution is 2.32. The summed E-state index contributed by atoms with van der Waals surface area (Å²) in [7, 11) is 0. The highest BCUT2D eigenvalue weighted by Gasteiger charge is 2.22. The van der Waals surface area contributed by atoms with Gasteiger partial charge in [-0.3, -0.25) is 0 Å². The molecule has 0 atom stereocenters. The Kier molecular flexibility index (Phi) is 2.31. The van der Waals surface area contributed by atoms with Crippen LogP contribution in [-0.2, 0) is 12.8 Å². The van der Waals surface area contributed by atoms with Gasteiger partial charge in [0.1, 0.15) is 5.82 Å². The van der Waals surface area contributed by atoms with Crippen molar-refractivity contribution in [2.24, 2.45) is 0 Å². The summed E-state index contributed by atoms with van der Waals surface area (Å²) in [5, 5.41) is 8.82. The molecule has 14 heavy (non-hydrogen) atoms. The fourth-order valence-corrected chi connectivity index (χ4v) is 2.34. The minimum Gasteiger partial charge on any atom is -0.478 e. The highest BCUT2D eigenvalue weighted by atomic mass is 79.9. The van der Waals surface area contributed by atoms with Crippen molar-refractivity contribution in [3.05, 3.63) is 33.0 Å². The number of carboxylic acid groups (broad SMARTS) is 1. The molecule has 0 heterocycles. The molecule has 0 fully saturated rings. The average molecular weight is 259 g/mol. The van der Waals surface area contributed by atoms with Crippen molar-refractivity contribution in [2.75, 3.05) is 0 Å². The SMILES string of the molecule is O=C(O)c1cc2c(c(F)c1Br)CCC2. The standard InChI is InChI=1S/C10H8BrFO2/c11-8-7(10(13)14)4-5-2-1-3-6(5)9(8)12/h4H,1-3H2,(H,13,14). The van der Waals surface area contributed by atoms with Crippen molar-refractivity contribution in [3.63, 3.8) is 0 Å². The van der Waals surface area contributed by atoms with Crippen LogP contribution in [0.2, 0.25) is 0 Å². The summed E-state index contributed by atoms with van der Waals surface area (Å²) in [6.45, 7) is 0. The fraction of sp³-hybridized carbons (Fsp3) is 0.300. The molecule has 1 aliphatic rings. The largest absolute Gasteiger partial charge is 0.478 e. The Morgan fingerprint density at radius 1 is 1.50 bits per heavy atom. The third kappa shape index (κ3) is 1.34. The monoisotopic (exact) mass is 258 g/mol. The highest BCUT2D eigenvalue weighted by molar-refractivity contribution is 9.10. The molecule has 0 bridgehead atoms. The van der Waals surface area contributed by atoms with E-state index in [1.807, 2.05) is 0 Å². The van der Waals surface area contributed by atoms with Crippen LogP contribution in [-0.4, -0.2) is 11.1 Å². The van der Waals surface area contributed by atoms with Crippen molar-refractivity contribution in [3.8, 4) is 0 Å². The van der Waals surface area contributed by atoms with Gasteiger partial charge in [-0.15, -0.1) is 0 Å². The zero-order valence-electron chi connectivity index (χ0n) is 7.31. The van der Waals surface area contributed by atoms with Crippen LogP contribution in [0.15, 0.2) is 10.5 Å². The Labute approximate surface area is 88.9 Å². The average Bonchev–Trinajstić information content (AvgIpc) is 2.58. The van der Waals surface area contributed by atoms with Gasteiger partial charge in [-0.2, -0.15) is 0 Å². The number of aromatic carboxylic acids is 1. The molecule has 0 spiro atoms. The Hall–Kier alpha value is -0.900. The van der Waals surface area contributed by atoms with Gasteiger partial charge < -0.3 is 5.11 Å². The molecular formula is C10H8BrFO2. The van der Waals surface area contributed by atoms with Gasteiger partial charge in [0, 0.05) is 0 Å². The first-order chi connectivity index (χ1) is 6.61. The molecule has 2 rings (SSSR count). The third-order valence-corrected chi connectivity index (χ3v) is 3.28. The maximum Gasteiger partial charge on any atom is 0.336 e. The number of hydrogen-bond donors (Lipinski definition) is 1. The van der Waals surface area contributed by atoms with Gasteiger partial charge in [0.05, 0.1) is 10.0 Å². The summed E-state index contributed by atoms with van der Waals surface area (Å²) in [4.78, 5) is 10.8. The van der Waals surface area contributed by atoms with Gasteiger partial charge in [0.15, 0.2) is 0 Å². The molecule has 0 aromatic heterocycles. The second-order valence-electron chi connectivity index (χ2n) is 3.35. The normalized spacial score (nSPS) is 14.1. The molecule has 4 heteroatoms. The van der Waals surface area contributed by atoms with Gasteiger partial charge in [-0.25, -0.2) is 9.18 Å². The zero-order chi connectivity index (χ0) is 10.3. The molecule has 1 N–H and O–H groups in total. The lowest BCUT2D eigenvalue weighted by molar-refractivity contribution is 0.0695. The van der Waals surface area contributed by atoms with E-state index in [0.717, 1.165) is 18.4 Å². The molecule has 0 unspecified atom stereocenters. The van der Waals surface area contributed by atoms with Crippen LogP contribution in [0.5, 0.6) is 0 Å². The van der Waals surface area contributed by atoms with E-state index in [2.05, 4.69) is 15.9 Å². The van der Waals surface area contributed by atoms with E-state index >= 15 is 0 Å². The van der Waals surface area contributed by atoms with Crippen molar-refractivity contribution < 1.29 is 14.3 Å². The molecule has 0 radical (unpaired) electrons. The second-order valence-corrected chi connectivity index (χ2v) is 4.14. The first kappa shape index (κ1) is 9.65. The topological polar surface area (TPSA) is 37.3 Å². The number of halogens is 2. The predicted octanol–water partition coefficient (Wildman–Crippen LogP) is 2.78. The maximum absolute atomic E-state index is 13.6. The predicted molar refractivity (Wildman–Crippen MR) is 53.1 cm³/mol. The third-order valence-electron chi connectivity index (χ3n) is 2.50. The molecule has 2 nitrogen and oxygen atoms in total. The number of carboxylic acids is 1. The maximum atomic E-state index is 13.6. The van der Waals surface area contributed by atoms with Crippen LogP contribution in [0, 0.1) is 5.82 Å². The first-order valence-electron chi connectivity index (χ1n) is 4.34. The molecule has 74 valence electrons. The minimum atomic E-state index is -1.09. The van der Waals surface area contributed by atoms with E-state index in [0.29, 0.717) is 12.0 Å². The van der Waals surface area contributed by atoms with E-state index < -0.39 is 11.8 Å². The van der Waals surface area contributed by atoms with Crippen LogP contribution in [0.25, 0.3) is 0 Å². The zero-order valence-corrected chi connectivity index (χ0v) is 8.90. The quantitative estimate of drug-likeness (QED) is 0.841. The molecular weight excluding hydrogens is 251 g/mol. The number of hydrogen-bond acceptors (Lipinski definition) is 1. The molecule has 0 saturated carbocycles. The Morgan fingerprint density at radius 3 is 2.86 bits per heavy atom. The van der Waals surface area contributed by atoms with E-state index in [-0.39, 0.29) is 10.0 Å². The van der Waals surface area contributed by atoms with Crippen molar-refractivity contribution in [1.29, 1.82) is 0 Å². The fourth-order valence-electron chi connectivity index (χ4n) is 1.82. The van der Waals surface area contributed by atoms with Gasteiger partial charge >= 0.3 is 5.97 Å². The Balaban J connectivity index is 2.67. The van der Waals surface area contributed by atoms with Crippen molar-refractivity contribution >= 4 is 21.9 Å². The van der Waals surface area contributed by atoms with Crippen molar-refractivity contribution in [1.82, 2.24) is 0 Å². The van der Waals surface area contributed by atoms with Gasteiger partial charge in [-0.05, 0) is 52.4 Å².